The zero-order chi connectivity index (χ0) is 28.8. The van der Waals surface area contributed by atoms with Gasteiger partial charge in [0.25, 0.3) is 0 Å². The van der Waals surface area contributed by atoms with E-state index >= 15 is 0 Å². The molecule has 0 saturated heterocycles. The summed E-state index contributed by atoms with van der Waals surface area (Å²) in [5, 5.41) is 12.1. The zero-order valence-corrected chi connectivity index (χ0v) is 23.7. The molecule has 8 aromatic carbocycles. The number of rotatable bonds is 2. The highest BCUT2D eigenvalue weighted by atomic mass is 16.3. The van der Waals surface area contributed by atoms with Crippen molar-refractivity contribution in [3.63, 3.8) is 0 Å². The Morgan fingerprint density at radius 1 is 0.273 bits per heavy atom. The van der Waals surface area contributed by atoms with Crippen molar-refractivity contribution in [2.24, 2.45) is 0 Å². The molecule has 2 heteroatoms. The molecular formula is C42H24O2. The second-order valence-corrected chi connectivity index (χ2v) is 11.6. The van der Waals surface area contributed by atoms with Crippen molar-refractivity contribution < 1.29 is 8.83 Å². The van der Waals surface area contributed by atoms with Gasteiger partial charge in [-0.05, 0) is 79.3 Å². The normalized spacial score (nSPS) is 12.1. The molecule has 0 fully saturated rings. The lowest BCUT2D eigenvalue weighted by atomic mass is 9.91. The predicted molar refractivity (Wildman–Crippen MR) is 184 cm³/mol. The molecule has 0 N–H and O–H groups in total. The highest BCUT2D eigenvalue weighted by molar-refractivity contribution is 6.26. The van der Waals surface area contributed by atoms with Crippen LogP contribution in [-0.2, 0) is 0 Å². The summed E-state index contributed by atoms with van der Waals surface area (Å²) in [6.07, 6.45) is 0. The summed E-state index contributed by atoms with van der Waals surface area (Å²) in [5.41, 5.74) is 7.85. The van der Waals surface area contributed by atoms with Crippen LogP contribution in [0.4, 0.5) is 0 Å². The third-order valence-corrected chi connectivity index (χ3v) is 9.24. The fraction of sp³-hybridized carbons (Fsp3) is 0. The molecule has 0 amide bonds. The highest BCUT2D eigenvalue weighted by Crippen LogP contribution is 2.45. The van der Waals surface area contributed by atoms with Crippen LogP contribution in [0.3, 0.4) is 0 Å². The second kappa shape index (κ2) is 8.82. The van der Waals surface area contributed by atoms with Crippen molar-refractivity contribution in [2.45, 2.75) is 0 Å². The standard InChI is InChI=1S/C42H24O2/c1-2-14-30-28(12-1)29-13-3-4-15-31(29)35-23-26(20-21-32(30)35)25-10-9-11-27(22-25)40-41-36(33-16-5-7-18-38(33)43-41)24-37-34-17-6-8-19-39(34)44-42(37)40/h1-24H. The van der Waals surface area contributed by atoms with Crippen LogP contribution >= 0.6 is 0 Å². The van der Waals surface area contributed by atoms with E-state index < -0.39 is 0 Å². The molecule has 0 unspecified atom stereocenters. The maximum atomic E-state index is 6.57. The van der Waals surface area contributed by atoms with Crippen LogP contribution < -0.4 is 0 Å². The van der Waals surface area contributed by atoms with Crippen molar-refractivity contribution >= 4 is 76.2 Å². The zero-order valence-electron chi connectivity index (χ0n) is 23.7. The van der Waals surface area contributed by atoms with Gasteiger partial charge in [-0.25, -0.2) is 0 Å². The molecule has 0 aliphatic heterocycles. The summed E-state index contributed by atoms with van der Waals surface area (Å²) < 4.78 is 13.1. The summed E-state index contributed by atoms with van der Waals surface area (Å²) in [5.74, 6) is 0. The minimum Gasteiger partial charge on any atom is -0.455 e. The molecule has 0 radical (unpaired) electrons. The molecule has 2 nitrogen and oxygen atoms in total. The summed E-state index contributed by atoms with van der Waals surface area (Å²) in [6.45, 7) is 0. The number of fused-ring (bicyclic) bond motifs is 12. The van der Waals surface area contributed by atoms with Gasteiger partial charge in [-0.3, -0.25) is 0 Å². The monoisotopic (exact) mass is 560 g/mol. The van der Waals surface area contributed by atoms with Gasteiger partial charge in [0.1, 0.15) is 22.3 Å². The summed E-state index contributed by atoms with van der Waals surface area (Å²) in [4.78, 5) is 0. The van der Waals surface area contributed by atoms with E-state index in [1.54, 1.807) is 0 Å². The second-order valence-electron chi connectivity index (χ2n) is 11.6. The minimum atomic E-state index is 0.853. The Balaban J connectivity index is 1.25. The first-order chi connectivity index (χ1) is 21.8. The highest BCUT2D eigenvalue weighted by Gasteiger charge is 2.21. The van der Waals surface area contributed by atoms with Crippen molar-refractivity contribution in [1.29, 1.82) is 0 Å². The largest absolute Gasteiger partial charge is 0.455 e. The van der Waals surface area contributed by atoms with E-state index in [4.69, 9.17) is 8.83 Å². The first-order valence-corrected chi connectivity index (χ1v) is 15.0. The summed E-state index contributed by atoms with van der Waals surface area (Å²) >= 11 is 0. The van der Waals surface area contributed by atoms with Gasteiger partial charge in [-0.1, -0.05) is 115 Å². The molecule has 204 valence electrons. The molecule has 10 aromatic rings. The lowest BCUT2D eigenvalue weighted by Gasteiger charge is -2.13. The van der Waals surface area contributed by atoms with E-state index in [1.807, 2.05) is 24.3 Å². The Bertz CT molecular complexity index is 2650. The van der Waals surface area contributed by atoms with Crippen LogP contribution in [0.25, 0.3) is 98.4 Å². The van der Waals surface area contributed by atoms with Crippen LogP contribution in [0, 0.1) is 0 Å². The molecule has 2 aromatic heterocycles. The molecule has 10 rings (SSSR count). The molecule has 0 aliphatic carbocycles. The number of hydrogen-bond donors (Lipinski definition) is 0. The average Bonchev–Trinajstić information content (AvgIpc) is 3.65. The molecule has 0 saturated carbocycles. The molecule has 44 heavy (non-hydrogen) atoms. The van der Waals surface area contributed by atoms with Gasteiger partial charge >= 0.3 is 0 Å². The van der Waals surface area contributed by atoms with Gasteiger partial charge in [0.2, 0.25) is 0 Å². The number of furan rings is 2. The molecule has 0 spiro atoms. The van der Waals surface area contributed by atoms with Crippen molar-refractivity contribution in [3.8, 4) is 22.3 Å². The van der Waals surface area contributed by atoms with Crippen molar-refractivity contribution in [2.75, 3.05) is 0 Å². The molecule has 0 bridgehead atoms. The van der Waals surface area contributed by atoms with Crippen LogP contribution in [0.1, 0.15) is 0 Å². The van der Waals surface area contributed by atoms with Gasteiger partial charge in [-0.2, -0.15) is 0 Å². The third kappa shape index (κ3) is 3.25. The Hall–Kier alpha value is -5.86. The maximum absolute atomic E-state index is 6.57. The predicted octanol–water partition coefficient (Wildman–Crippen LogP) is 12.3. The number of para-hydroxylation sites is 2. The number of hydrogen-bond acceptors (Lipinski definition) is 2. The van der Waals surface area contributed by atoms with Crippen molar-refractivity contribution in [3.05, 3.63) is 146 Å². The van der Waals surface area contributed by atoms with Crippen LogP contribution in [0.2, 0.25) is 0 Å². The van der Waals surface area contributed by atoms with Gasteiger partial charge in [-0.15, -0.1) is 0 Å². The first kappa shape index (κ1) is 23.7. The Morgan fingerprint density at radius 3 is 1.32 bits per heavy atom. The molecular weight excluding hydrogens is 536 g/mol. The van der Waals surface area contributed by atoms with Crippen LogP contribution in [0.5, 0.6) is 0 Å². The van der Waals surface area contributed by atoms with E-state index in [9.17, 15) is 0 Å². The van der Waals surface area contributed by atoms with Gasteiger partial charge < -0.3 is 8.83 Å². The van der Waals surface area contributed by atoms with Crippen LogP contribution in [0.15, 0.2) is 154 Å². The topological polar surface area (TPSA) is 26.3 Å². The third-order valence-electron chi connectivity index (χ3n) is 9.24. The van der Waals surface area contributed by atoms with Gasteiger partial charge in [0, 0.05) is 21.5 Å². The minimum absolute atomic E-state index is 0.853. The fourth-order valence-corrected chi connectivity index (χ4v) is 7.24. The quantitative estimate of drug-likeness (QED) is 0.197. The SMILES string of the molecule is c1cc(-c2ccc3c4ccccc4c4ccccc4c3c2)cc(-c2c3oc4ccccc4c3cc3c2oc2ccccc23)c1. The van der Waals surface area contributed by atoms with E-state index in [0.29, 0.717) is 0 Å². The molecule has 2 heterocycles. The maximum Gasteiger partial charge on any atom is 0.147 e. The fourth-order valence-electron chi connectivity index (χ4n) is 7.24. The van der Waals surface area contributed by atoms with E-state index in [2.05, 4.69) is 121 Å². The molecule has 0 atom stereocenters. The smallest absolute Gasteiger partial charge is 0.147 e. The molecule has 0 aliphatic rings. The summed E-state index contributed by atoms with van der Waals surface area (Å²) in [6, 6.07) is 51.9. The van der Waals surface area contributed by atoms with Gasteiger partial charge in [0.15, 0.2) is 0 Å². The lowest BCUT2D eigenvalue weighted by molar-refractivity contribution is 0.658. The summed E-state index contributed by atoms with van der Waals surface area (Å²) in [7, 11) is 0. The van der Waals surface area contributed by atoms with Crippen LogP contribution in [-0.4, -0.2) is 0 Å². The average molecular weight is 561 g/mol. The lowest BCUT2D eigenvalue weighted by Crippen LogP contribution is -1.86. The van der Waals surface area contributed by atoms with E-state index in [0.717, 1.165) is 60.6 Å². The van der Waals surface area contributed by atoms with Gasteiger partial charge in [0.05, 0.1) is 5.56 Å². The Morgan fingerprint density at radius 2 is 0.727 bits per heavy atom. The Labute approximate surface area is 252 Å². The first-order valence-electron chi connectivity index (χ1n) is 15.0. The van der Waals surface area contributed by atoms with E-state index in [-0.39, 0.29) is 0 Å². The van der Waals surface area contributed by atoms with Crippen molar-refractivity contribution in [1.82, 2.24) is 0 Å². The number of benzene rings is 8. The Kier molecular flexibility index (Phi) is 4.75. The van der Waals surface area contributed by atoms with E-state index in [1.165, 1.54) is 37.9 Å².